The van der Waals surface area contributed by atoms with Crippen molar-refractivity contribution < 1.29 is 27.5 Å². The van der Waals surface area contributed by atoms with Crippen molar-refractivity contribution >= 4 is 39.1 Å². The number of halogens is 3. The number of rotatable bonds is 5. The summed E-state index contributed by atoms with van der Waals surface area (Å²) in [6.45, 7) is 1.18. The molecule has 4 rings (SSSR count). The van der Waals surface area contributed by atoms with Gasteiger partial charge in [-0.05, 0) is 56.4 Å². The van der Waals surface area contributed by atoms with E-state index in [0.717, 1.165) is 60.1 Å². The van der Waals surface area contributed by atoms with Gasteiger partial charge in [-0.25, -0.2) is 9.78 Å². The van der Waals surface area contributed by atoms with Gasteiger partial charge in [0.25, 0.3) is 5.56 Å². The molecule has 0 radical (unpaired) electrons. The fourth-order valence-corrected chi connectivity index (χ4v) is 5.01. The van der Waals surface area contributed by atoms with E-state index < -0.39 is 35.7 Å². The van der Waals surface area contributed by atoms with Gasteiger partial charge >= 0.3 is 12.1 Å². The summed E-state index contributed by atoms with van der Waals surface area (Å²) in [7, 11) is 0. The highest BCUT2D eigenvalue weighted by atomic mass is 32.1. The Morgan fingerprint density at radius 2 is 1.97 bits per heavy atom. The molecule has 0 atom stereocenters. The van der Waals surface area contributed by atoms with Crippen LogP contribution in [-0.4, -0.2) is 27.5 Å². The molecule has 0 spiro atoms. The van der Waals surface area contributed by atoms with Gasteiger partial charge in [0.1, 0.15) is 22.4 Å². The molecule has 1 fully saturated rings. The van der Waals surface area contributed by atoms with Crippen molar-refractivity contribution in [3.63, 3.8) is 0 Å². The third-order valence-corrected chi connectivity index (χ3v) is 6.90. The Kier molecular flexibility index (Phi) is 6.74. The van der Waals surface area contributed by atoms with Crippen LogP contribution in [0.5, 0.6) is 0 Å². The number of anilines is 1. The largest absolute Gasteiger partial charge is 0.458 e. The Bertz CT molecular complexity index is 1290. The molecule has 1 aliphatic carbocycles. The molecular weight excluding hydrogens is 471 g/mol. The van der Waals surface area contributed by atoms with Crippen LogP contribution in [0.4, 0.5) is 18.9 Å². The summed E-state index contributed by atoms with van der Waals surface area (Å²) in [5, 5.41) is 2.58. The van der Waals surface area contributed by atoms with E-state index in [1.165, 1.54) is 18.5 Å². The fourth-order valence-electron chi connectivity index (χ4n) is 3.98. The van der Waals surface area contributed by atoms with Gasteiger partial charge < -0.3 is 10.1 Å². The van der Waals surface area contributed by atoms with E-state index in [9.17, 15) is 27.6 Å². The van der Waals surface area contributed by atoms with Crippen molar-refractivity contribution in [1.29, 1.82) is 0 Å². The first-order valence-electron chi connectivity index (χ1n) is 10.8. The zero-order chi connectivity index (χ0) is 24.5. The number of hydrogen-bond acceptors (Lipinski definition) is 6. The van der Waals surface area contributed by atoms with Crippen LogP contribution in [0, 0.1) is 6.92 Å². The van der Waals surface area contributed by atoms with Crippen molar-refractivity contribution in [3.8, 4) is 0 Å². The highest BCUT2D eigenvalue weighted by molar-refractivity contribution is 7.20. The predicted molar refractivity (Wildman–Crippen MR) is 121 cm³/mol. The number of nitrogens with one attached hydrogen (secondary N) is 1. The highest BCUT2D eigenvalue weighted by Gasteiger charge is 2.30. The first kappa shape index (κ1) is 23.9. The molecule has 1 aromatic carbocycles. The molecular formula is C23H22F3N3O4S. The van der Waals surface area contributed by atoms with Gasteiger partial charge in [-0.3, -0.25) is 14.2 Å². The minimum atomic E-state index is -4.54. The second-order valence-corrected chi connectivity index (χ2v) is 9.21. The lowest BCUT2D eigenvalue weighted by Crippen LogP contribution is -2.28. The Morgan fingerprint density at radius 1 is 1.24 bits per heavy atom. The second kappa shape index (κ2) is 9.57. The molecule has 1 saturated carbocycles. The molecule has 2 heterocycles. The topological polar surface area (TPSA) is 90.3 Å². The standard InChI is InChI=1S/C23H22F3N3O4S/c1-13-18-20(34-19(13)22(32)33-16-8-3-2-4-9-16)27-12-29(21(18)31)11-17(30)28-15-7-5-6-14(10-15)23(24,25)26/h5-7,10,12,16H,2-4,8-9,11H2,1H3,(H,28,30). The number of esters is 1. The third kappa shape index (κ3) is 5.14. The van der Waals surface area contributed by atoms with Crippen LogP contribution >= 0.6 is 11.3 Å². The number of benzene rings is 1. The monoisotopic (exact) mass is 493 g/mol. The van der Waals surface area contributed by atoms with Crippen molar-refractivity contribution in [2.75, 3.05) is 5.32 Å². The summed E-state index contributed by atoms with van der Waals surface area (Å²) in [5.41, 5.74) is -1.02. The zero-order valence-corrected chi connectivity index (χ0v) is 19.1. The Hall–Kier alpha value is -3.21. The number of ether oxygens (including phenoxy) is 1. The number of carbonyl (C=O) groups excluding carboxylic acids is 2. The first-order chi connectivity index (χ1) is 16.1. The van der Waals surface area contributed by atoms with Gasteiger partial charge in [0.05, 0.1) is 17.3 Å². The van der Waals surface area contributed by atoms with Crippen LogP contribution in [-0.2, 0) is 22.3 Å². The number of thiophene rings is 1. The molecule has 0 saturated heterocycles. The number of carbonyl (C=O) groups is 2. The summed E-state index contributed by atoms with van der Waals surface area (Å²) in [5.74, 6) is -1.17. The molecule has 7 nitrogen and oxygen atoms in total. The molecule has 180 valence electrons. The summed E-state index contributed by atoms with van der Waals surface area (Å²) in [6, 6.07) is 4.22. The molecule has 1 aliphatic rings. The number of aromatic nitrogens is 2. The first-order valence-corrected chi connectivity index (χ1v) is 11.6. The maximum atomic E-state index is 13.0. The quantitative estimate of drug-likeness (QED) is 0.510. The number of amides is 1. The number of fused-ring (bicyclic) bond motifs is 1. The molecule has 34 heavy (non-hydrogen) atoms. The van der Waals surface area contributed by atoms with Crippen molar-refractivity contribution in [2.45, 2.75) is 57.9 Å². The summed E-state index contributed by atoms with van der Waals surface area (Å²) in [6.07, 6.45) is 1.30. The molecule has 0 unspecified atom stereocenters. The SMILES string of the molecule is Cc1c(C(=O)OC2CCCCC2)sc2ncn(CC(=O)Nc3cccc(C(F)(F)F)c3)c(=O)c12. The number of alkyl halides is 3. The Balaban J connectivity index is 1.52. The molecule has 0 aliphatic heterocycles. The van der Waals surface area contributed by atoms with Crippen molar-refractivity contribution in [3.05, 3.63) is 57.0 Å². The van der Waals surface area contributed by atoms with E-state index in [0.29, 0.717) is 15.3 Å². The number of aryl methyl sites for hydroxylation is 1. The Morgan fingerprint density at radius 3 is 2.68 bits per heavy atom. The molecule has 2 aromatic heterocycles. The van der Waals surface area contributed by atoms with Crippen LogP contribution in [0.15, 0.2) is 35.4 Å². The van der Waals surface area contributed by atoms with E-state index in [1.807, 2.05) is 0 Å². The predicted octanol–water partition coefficient (Wildman–Crippen LogP) is 4.91. The third-order valence-electron chi connectivity index (χ3n) is 5.72. The Labute approximate surface area is 196 Å². The maximum absolute atomic E-state index is 13.0. The molecule has 1 amide bonds. The van der Waals surface area contributed by atoms with E-state index in [1.54, 1.807) is 6.92 Å². The second-order valence-electron chi connectivity index (χ2n) is 8.21. The summed E-state index contributed by atoms with van der Waals surface area (Å²) >= 11 is 1.06. The molecule has 11 heteroatoms. The van der Waals surface area contributed by atoms with Gasteiger partial charge in [-0.2, -0.15) is 13.2 Å². The lowest BCUT2D eigenvalue weighted by atomic mass is 9.98. The van der Waals surface area contributed by atoms with Crippen LogP contribution in [0.1, 0.15) is 52.9 Å². The van der Waals surface area contributed by atoms with Crippen LogP contribution < -0.4 is 10.9 Å². The zero-order valence-electron chi connectivity index (χ0n) is 18.3. The fraction of sp³-hybridized carbons (Fsp3) is 0.391. The normalized spacial score (nSPS) is 14.8. The van der Waals surface area contributed by atoms with Crippen LogP contribution in [0.3, 0.4) is 0 Å². The lowest BCUT2D eigenvalue weighted by molar-refractivity contribution is -0.137. The van der Waals surface area contributed by atoms with Gasteiger partial charge in [-0.15, -0.1) is 11.3 Å². The summed E-state index contributed by atoms with van der Waals surface area (Å²) < 4.78 is 45.3. The maximum Gasteiger partial charge on any atom is 0.416 e. The minimum absolute atomic E-state index is 0.0404. The summed E-state index contributed by atoms with van der Waals surface area (Å²) in [4.78, 5) is 42.9. The molecule has 3 aromatic rings. The van der Waals surface area contributed by atoms with E-state index in [2.05, 4.69) is 10.3 Å². The highest BCUT2D eigenvalue weighted by Crippen LogP contribution is 2.31. The van der Waals surface area contributed by atoms with Crippen molar-refractivity contribution in [1.82, 2.24) is 9.55 Å². The number of nitrogens with zero attached hydrogens (tertiary/aromatic N) is 2. The average Bonchev–Trinajstić information content (AvgIpc) is 3.13. The van der Waals surface area contributed by atoms with Gasteiger partial charge in [-0.1, -0.05) is 12.5 Å². The minimum Gasteiger partial charge on any atom is -0.458 e. The molecule has 0 bridgehead atoms. The lowest BCUT2D eigenvalue weighted by Gasteiger charge is -2.21. The van der Waals surface area contributed by atoms with E-state index >= 15 is 0 Å². The van der Waals surface area contributed by atoms with E-state index in [-0.39, 0.29) is 17.2 Å². The van der Waals surface area contributed by atoms with Crippen LogP contribution in [0.2, 0.25) is 0 Å². The molecule has 1 N–H and O–H groups in total. The van der Waals surface area contributed by atoms with Gasteiger partial charge in [0.15, 0.2) is 0 Å². The van der Waals surface area contributed by atoms with Crippen molar-refractivity contribution in [2.24, 2.45) is 0 Å². The number of hydrogen-bond donors (Lipinski definition) is 1. The average molecular weight is 494 g/mol. The smallest absolute Gasteiger partial charge is 0.416 e. The van der Waals surface area contributed by atoms with E-state index in [4.69, 9.17) is 4.74 Å². The van der Waals surface area contributed by atoms with Crippen LogP contribution in [0.25, 0.3) is 10.2 Å². The van der Waals surface area contributed by atoms with Gasteiger partial charge in [0.2, 0.25) is 5.91 Å². The van der Waals surface area contributed by atoms with Gasteiger partial charge in [0, 0.05) is 5.69 Å².